The van der Waals surface area contributed by atoms with E-state index in [-0.39, 0.29) is 5.41 Å². The first-order valence-electron chi connectivity index (χ1n) is 7.46. The van der Waals surface area contributed by atoms with E-state index < -0.39 is 0 Å². The van der Waals surface area contributed by atoms with Gasteiger partial charge in [0.25, 0.3) is 0 Å². The third-order valence-corrected chi connectivity index (χ3v) is 5.82. The van der Waals surface area contributed by atoms with Gasteiger partial charge in [-0.2, -0.15) is 0 Å². The van der Waals surface area contributed by atoms with Crippen LogP contribution in [-0.4, -0.2) is 35.1 Å². The summed E-state index contributed by atoms with van der Waals surface area (Å²) >= 11 is 1.90. The van der Waals surface area contributed by atoms with E-state index in [1.807, 2.05) is 11.3 Å². The minimum atomic E-state index is 0.231. The molecule has 2 aliphatic rings. The topological polar surface area (TPSA) is 28.2 Å². The van der Waals surface area contributed by atoms with Gasteiger partial charge in [0.2, 0.25) is 0 Å². The van der Waals surface area contributed by atoms with Crippen LogP contribution in [0.3, 0.4) is 0 Å². The molecule has 19 heavy (non-hydrogen) atoms. The summed E-state index contributed by atoms with van der Waals surface area (Å²) in [5.74, 6) is 0. The Morgan fingerprint density at radius 1 is 1.32 bits per heavy atom. The van der Waals surface area contributed by atoms with Crippen molar-refractivity contribution < 1.29 is 0 Å². The van der Waals surface area contributed by atoms with Gasteiger partial charge in [0.1, 0.15) is 5.01 Å². The van der Waals surface area contributed by atoms with Gasteiger partial charge in [-0.25, -0.2) is 4.98 Å². The minimum absolute atomic E-state index is 0.231. The van der Waals surface area contributed by atoms with Crippen molar-refractivity contribution >= 4 is 11.3 Å². The predicted molar refractivity (Wildman–Crippen MR) is 80.7 cm³/mol. The predicted octanol–water partition coefficient (Wildman–Crippen LogP) is 2.77. The van der Waals surface area contributed by atoms with Gasteiger partial charge in [0.05, 0.1) is 6.54 Å². The molecule has 1 aromatic rings. The van der Waals surface area contributed by atoms with Gasteiger partial charge in [-0.05, 0) is 31.2 Å². The SMILES string of the molecule is CC(C)(C)c1cnc(CN2C3CCNCC2CC3)s1. The highest BCUT2D eigenvalue weighted by atomic mass is 32.1. The van der Waals surface area contributed by atoms with Crippen LogP contribution in [-0.2, 0) is 12.0 Å². The molecule has 106 valence electrons. The van der Waals surface area contributed by atoms with Crippen molar-refractivity contribution in [2.24, 2.45) is 0 Å². The Labute approximate surface area is 120 Å². The summed E-state index contributed by atoms with van der Waals surface area (Å²) in [7, 11) is 0. The molecule has 0 spiro atoms. The molecule has 2 bridgehead atoms. The van der Waals surface area contributed by atoms with Crippen molar-refractivity contribution in [3.05, 3.63) is 16.1 Å². The Morgan fingerprint density at radius 3 is 2.84 bits per heavy atom. The standard InChI is InChI=1S/C15H25N3S/c1-15(2,3)13-9-17-14(19-13)10-18-11-4-5-12(18)8-16-7-6-11/h9,11-12,16H,4-8,10H2,1-3H3. The lowest BCUT2D eigenvalue weighted by Gasteiger charge is -2.26. The summed E-state index contributed by atoms with van der Waals surface area (Å²) < 4.78 is 0. The number of aromatic nitrogens is 1. The number of nitrogens with zero attached hydrogens (tertiary/aromatic N) is 2. The zero-order valence-corrected chi connectivity index (χ0v) is 13.1. The van der Waals surface area contributed by atoms with Crippen LogP contribution in [0.4, 0.5) is 0 Å². The number of nitrogens with one attached hydrogen (secondary N) is 1. The van der Waals surface area contributed by atoms with Gasteiger partial charge in [-0.3, -0.25) is 4.90 Å². The number of hydrogen-bond acceptors (Lipinski definition) is 4. The summed E-state index contributed by atoms with van der Waals surface area (Å²) in [6.45, 7) is 10.2. The first-order chi connectivity index (χ1) is 9.04. The first-order valence-corrected chi connectivity index (χ1v) is 8.27. The lowest BCUT2D eigenvalue weighted by atomic mass is 9.96. The molecule has 0 amide bonds. The molecule has 2 atom stereocenters. The Morgan fingerprint density at radius 2 is 2.11 bits per heavy atom. The van der Waals surface area contributed by atoms with E-state index >= 15 is 0 Å². The summed E-state index contributed by atoms with van der Waals surface area (Å²) in [6, 6.07) is 1.51. The van der Waals surface area contributed by atoms with Crippen molar-refractivity contribution in [3.63, 3.8) is 0 Å². The monoisotopic (exact) mass is 279 g/mol. The van der Waals surface area contributed by atoms with Crippen molar-refractivity contribution in [1.82, 2.24) is 15.2 Å². The largest absolute Gasteiger partial charge is 0.315 e. The fourth-order valence-corrected chi connectivity index (χ4v) is 4.21. The zero-order chi connectivity index (χ0) is 13.5. The molecule has 1 N–H and O–H groups in total. The van der Waals surface area contributed by atoms with E-state index in [0.717, 1.165) is 25.2 Å². The van der Waals surface area contributed by atoms with Crippen LogP contribution in [0.25, 0.3) is 0 Å². The van der Waals surface area contributed by atoms with E-state index in [1.165, 1.54) is 35.7 Å². The van der Waals surface area contributed by atoms with Crippen LogP contribution >= 0.6 is 11.3 Å². The van der Waals surface area contributed by atoms with Crippen molar-refractivity contribution in [2.45, 2.75) is 64.1 Å². The highest BCUT2D eigenvalue weighted by molar-refractivity contribution is 7.11. The second kappa shape index (κ2) is 5.15. The molecule has 0 aromatic carbocycles. The summed E-state index contributed by atoms with van der Waals surface area (Å²) in [6.07, 6.45) is 6.12. The summed E-state index contributed by atoms with van der Waals surface area (Å²) in [5, 5.41) is 4.86. The highest BCUT2D eigenvalue weighted by Gasteiger charge is 2.35. The molecule has 0 radical (unpaired) electrons. The minimum Gasteiger partial charge on any atom is -0.315 e. The van der Waals surface area contributed by atoms with Gasteiger partial charge in [0.15, 0.2) is 0 Å². The van der Waals surface area contributed by atoms with Crippen LogP contribution < -0.4 is 5.32 Å². The number of hydrogen-bond donors (Lipinski definition) is 1. The van der Waals surface area contributed by atoms with Crippen LogP contribution in [0.15, 0.2) is 6.20 Å². The van der Waals surface area contributed by atoms with Crippen molar-refractivity contribution in [2.75, 3.05) is 13.1 Å². The molecule has 3 heterocycles. The third-order valence-electron chi connectivity index (χ3n) is 4.42. The van der Waals surface area contributed by atoms with E-state index in [9.17, 15) is 0 Å². The molecule has 3 rings (SSSR count). The first kappa shape index (κ1) is 13.5. The molecule has 2 fully saturated rings. The number of rotatable bonds is 2. The van der Waals surface area contributed by atoms with Crippen LogP contribution in [0.2, 0.25) is 0 Å². The molecule has 3 nitrogen and oxygen atoms in total. The van der Waals surface area contributed by atoms with Gasteiger partial charge in [0, 0.05) is 29.7 Å². The molecule has 4 heteroatoms. The quantitative estimate of drug-likeness (QED) is 0.902. The smallest absolute Gasteiger partial charge is 0.107 e. The van der Waals surface area contributed by atoms with E-state index in [2.05, 4.69) is 42.2 Å². The highest BCUT2D eigenvalue weighted by Crippen LogP contribution is 2.32. The van der Waals surface area contributed by atoms with Crippen molar-refractivity contribution in [3.8, 4) is 0 Å². The normalized spacial score (nSPS) is 28.6. The van der Waals surface area contributed by atoms with Gasteiger partial charge in [-0.1, -0.05) is 20.8 Å². The van der Waals surface area contributed by atoms with Gasteiger partial charge in [-0.15, -0.1) is 11.3 Å². The average molecular weight is 279 g/mol. The molecule has 2 saturated heterocycles. The maximum Gasteiger partial charge on any atom is 0.107 e. The summed E-state index contributed by atoms with van der Waals surface area (Å²) in [4.78, 5) is 8.77. The van der Waals surface area contributed by atoms with E-state index in [0.29, 0.717) is 0 Å². The molecule has 2 unspecified atom stereocenters. The fraction of sp³-hybridized carbons (Fsp3) is 0.800. The lowest BCUT2D eigenvalue weighted by molar-refractivity contribution is 0.193. The fourth-order valence-electron chi connectivity index (χ4n) is 3.23. The number of thiazole rings is 1. The Kier molecular flexibility index (Phi) is 3.67. The maximum atomic E-state index is 4.66. The van der Waals surface area contributed by atoms with Crippen LogP contribution in [0.5, 0.6) is 0 Å². The number of fused-ring (bicyclic) bond motifs is 2. The Hall–Kier alpha value is -0.450. The van der Waals surface area contributed by atoms with Gasteiger partial charge >= 0.3 is 0 Å². The van der Waals surface area contributed by atoms with Crippen LogP contribution in [0.1, 0.15) is 49.9 Å². The maximum absolute atomic E-state index is 4.66. The lowest BCUT2D eigenvalue weighted by Crippen LogP contribution is -2.37. The third kappa shape index (κ3) is 2.86. The molecular weight excluding hydrogens is 254 g/mol. The van der Waals surface area contributed by atoms with Crippen molar-refractivity contribution in [1.29, 1.82) is 0 Å². The molecule has 0 saturated carbocycles. The molecule has 1 aromatic heterocycles. The second-order valence-corrected chi connectivity index (χ2v) is 8.03. The molecule has 2 aliphatic heterocycles. The second-order valence-electron chi connectivity index (χ2n) is 6.92. The average Bonchev–Trinajstić information content (AvgIpc) is 2.84. The Balaban J connectivity index is 1.72. The summed E-state index contributed by atoms with van der Waals surface area (Å²) in [5.41, 5.74) is 0.231. The van der Waals surface area contributed by atoms with E-state index in [4.69, 9.17) is 0 Å². The molecule has 0 aliphatic carbocycles. The van der Waals surface area contributed by atoms with Crippen LogP contribution in [0, 0.1) is 0 Å². The zero-order valence-electron chi connectivity index (χ0n) is 12.3. The Bertz CT molecular complexity index is 421. The van der Waals surface area contributed by atoms with E-state index in [1.54, 1.807) is 0 Å². The van der Waals surface area contributed by atoms with Gasteiger partial charge < -0.3 is 5.32 Å². The molecular formula is C15H25N3S.